The van der Waals surface area contributed by atoms with E-state index in [9.17, 15) is 10.1 Å². The van der Waals surface area contributed by atoms with Crippen LogP contribution < -0.4 is 5.32 Å². The van der Waals surface area contributed by atoms with Crippen molar-refractivity contribution in [1.29, 1.82) is 0 Å². The molecule has 0 fully saturated rings. The lowest BCUT2D eigenvalue weighted by atomic mass is 10.1. The zero-order valence-electron chi connectivity index (χ0n) is 9.45. The van der Waals surface area contributed by atoms with Gasteiger partial charge in [-0.1, -0.05) is 25.4 Å². The van der Waals surface area contributed by atoms with Crippen LogP contribution in [0.1, 0.15) is 32.4 Å². The van der Waals surface area contributed by atoms with Crippen molar-refractivity contribution in [2.24, 2.45) is 0 Å². The number of pyridine rings is 1. The van der Waals surface area contributed by atoms with E-state index in [1.165, 1.54) is 0 Å². The van der Waals surface area contributed by atoms with E-state index >= 15 is 0 Å². The predicted octanol–water partition coefficient (Wildman–Crippen LogP) is 3.20. The van der Waals surface area contributed by atoms with Gasteiger partial charge in [0, 0.05) is 12.2 Å². The maximum atomic E-state index is 10.8. The minimum atomic E-state index is -0.516. The van der Waals surface area contributed by atoms with Crippen LogP contribution in [-0.2, 0) is 0 Å². The summed E-state index contributed by atoms with van der Waals surface area (Å²) in [5.74, 6) is 0.177. The summed E-state index contributed by atoms with van der Waals surface area (Å²) in [4.78, 5) is 14.3. The van der Waals surface area contributed by atoms with Gasteiger partial charge in [-0.2, -0.15) is 0 Å². The lowest BCUT2D eigenvalue weighted by Crippen LogP contribution is -2.05. The maximum absolute atomic E-state index is 10.8. The molecule has 6 heteroatoms. The van der Waals surface area contributed by atoms with Crippen LogP contribution in [0.3, 0.4) is 0 Å². The lowest BCUT2D eigenvalue weighted by Gasteiger charge is -2.10. The molecule has 0 aliphatic rings. The first-order chi connectivity index (χ1) is 7.47. The van der Waals surface area contributed by atoms with Gasteiger partial charge in [-0.25, -0.2) is 4.98 Å². The van der Waals surface area contributed by atoms with Gasteiger partial charge in [0.05, 0.1) is 4.92 Å². The molecule has 0 spiro atoms. The zero-order chi connectivity index (χ0) is 12.3. The average molecular weight is 244 g/mol. The molecule has 16 heavy (non-hydrogen) atoms. The average Bonchev–Trinajstić information content (AvgIpc) is 2.16. The van der Waals surface area contributed by atoms with Crippen LogP contribution in [0.15, 0.2) is 6.07 Å². The molecule has 1 aromatic heterocycles. The number of nitrogens with zero attached hydrogens (tertiary/aromatic N) is 2. The number of rotatable bonds is 4. The van der Waals surface area contributed by atoms with Gasteiger partial charge in [-0.15, -0.1) is 0 Å². The smallest absolute Gasteiger partial charge is 0.329 e. The third-order valence-electron chi connectivity index (χ3n) is 2.11. The van der Waals surface area contributed by atoms with Crippen LogP contribution in [0.2, 0.25) is 5.15 Å². The fraction of sp³-hybridized carbons (Fsp3) is 0.500. The number of hydrogen-bond donors (Lipinski definition) is 1. The van der Waals surface area contributed by atoms with Gasteiger partial charge in [0.1, 0.15) is 5.69 Å². The van der Waals surface area contributed by atoms with E-state index in [0.29, 0.717) is 12.2 Å². The third-order valence-corrected chi connectivity index (χ3v) is 2.37. The van der Waals surface area contributed by atoms with Crippen LogP contribution in [0, 0.1) is 10.1 Å². The highest BCUT2D eigenvalue weighted by atomic mass is 35.5. The van der Waals surface area contributed by atoms with Gasteiger partial charge in [-0.3, -0.25) is 10.1 Å². The Labute approximate surface area is 99.0 Å². The fourth-order valence-corrected chi connectivity index (χ4v) is 1.59. The molecule has 0 aliphatic carbocycles. The molecular formula is C10H14ClN3O2. The zero-order valence-corrected chi connectivity index (χ0v) is 10.2. The van der Waals surface area contributed by atoms with Gasteiger partial charge < -0.3 is 5.32 Å². The van der Waals surface area contributed by atoms with E-state index in [1.807, 2.05) is 20.8 Å². The minimum absolute atomic E-state index is 0.0628. The van der Waals surface area contributed by atoms with Crippen molar-refractivity contribution >= 4 is 23.0 Å². The van der Waals surface area contributed by atoms with Gasteiger partial charge in [0.25, 0.3) is 0 Å². The fourth-order valence-electron chi connectivity index (χ4n) is 1.32. The van der Waals surface area contributed by atoms with Gasteiger partial charge in [-0.05, 0) is 18.9 Å². The van der Waals surface area contributed by atoms with Crippen molar-refractivity contribution in [2.75, 3.05) is 11.9 Å². The number of nitrogens with one attached hydrogen (secondary N) is 1. The first-order valence-electron chi connectivity index (χ1n) is 5.06. The Morgan fingerprint density at radius 2 is 2.25 bits per heavy atom. The highest BCUT2D eigenvalue weighted by molar-refractivity contribution is 6.32. The molecule has 0 saturated carbocycles. The molecule has 0 bridgehead atoms. The molecule has 0 radical (unpaired) electrons. The number of aromatic nitrogens is 1. The lowest BCUT2D eigenvalue weighted by molar-refractivity contribution is -0.384. The summed E-state index contributed by atoms with van der Waals surface area (Å²) in [7, 11) is 0. The number of nitro groups is 1. The molecule has 88 valence electrons. The first-order valence-corrected chi connectivity index (χ1v) is 5.43. The Morgan fingerprint density at radius 1 is 1.62 bits per heavy atom. The molecule has 0 saturated heterocycles. The molecule has 0 amide bonds. The van der Waals surface area contributed by atoms with Crippen molar-refractivity contribution in [2.45, 2.75) is 26.7 Å². The summed E-state index contributed by atoms with van der Waals surface area (Å²) in [6.07, 6.45) is 0. The quantitative estimate of drug-likeness (QED) is 0.501. The van der Waals surface area contributed by atoms with Crippen LogP contribution in [0.5, 0.6) is 0 Å². The van der Waals surface area contributed by atoms with Gasteiger partial charge in [0.15, 0.2) is 0 Å². The Bertz CT molecular complexity index is 407. The van der Waals surface area contributed by atoms with E-state index < -0.39 is 4.92 Å². The van der Waals surface area contributed by atoms with Crippen molar-refractivity contribution in [3.05, 3.63) is 27.0 Å². The summed E-state index contributed by atoms with van der Waals surface area (Å²) in [6.45, 7) is 6.38. The van der Waals surface area contributed by atoms with Crippen LogP contribution >= 0.6 is 11.6 Å². The van der Waals surface area contributed by atoms with E-state index in [-0.39, 0.29) is 16.8 Å². The predicted molar refractivity (Wildman–Crippen MR) is 64.2 cm³/mol. The second-order valence-corrected chi connectivity index (χ2v) is 4.03. The number of anilines is 1. The summed E-state index contributed by atoms with van der Waals surface area (Å²) >= 11 is 5.82. The molecule has 1 heterocycles. The van der Waals surface area contributed by atoms with Crippen molar-refractivity contribution in [3.63, 3.8) is 0 Å². The van der Waals surface area contributed by atoms with Crippen LogP contribution in [-0.4, -0.2) is 16.5 Å². The molecule has 1 rings (SSSR count). The number of hydrogen-bond acceptors (Lipinski definition) is 4. The summed E-state index contributed by atoms with van der Waals surface area (Å²) in [5.41, 5.74) is 1.01. The molecule has 0 aromatic carbocycles. The third kappa shape index (κ3) is 2.61. The van der Waals surface area contributed by atoms with Gasteiger partial charge >= 0.3 is 5.69 Å². The Hall–Kier alpha value is -1.36. The Kier molecular flexibility index (Phi) is 4.06. The topological polar surface area (TPSA) is 68.1 Å². The molecule has 0 unspecified atom stereocenters. The van der Waals surface area contributed by atoms with Crippen LogP contribution in [0.25, 0.3) is 0 Å². The SMILES string of the molecule is CCNc1cc(C(C)C)nc(Cl)c1[N+](=O)[O-]. The standard InChI is InChI=1S/C10H14ClN3O2/c1-4-12-8-5-7(6(2)3)13-10(11)9(8)14(15)16/h5-6H,4H2,1-3H3,(H,12,13). The molecule has 0 atom stereocenters. The summed E-state index contributed by atoms with van der Waals surface area (Å²) < 4.78 is 0. The maximum Gasteiger partial charge on any atom is 0.329 e. The number of halogens is 1. The molecule has 0 aliphatic heterocycles. The monoisotopic (exact) mass is 243 g/mol. The highest BCUT2D eigenvalue weighted by Gasteiger charge is 2.22. The highest BCUT2D eigenvalue weighted by Crippen LogP contribution is 2.33. The van der Waals surface area contributed by atoms with E-state index in [4.69, 9.17) is 11.6 Å². The first kappa shape index (κ1) is 12.7. The van der Waals surface area contributed by atoms with Crippen molar-refractivity contribution in [1.82, 2.24) is 4.98 Å². The molecule has 5 nitrogen and oxygen atoms in total. The van der Waals surface area contributed by atoms with Crippen molar-refractivity contribution in [3.8, 4) is 0 Å². The molecule has 1 aromatic rings. The molecular weight excluding hydrogens is 230 g/mol. The second-order valence-electron chi connectivity index (χ2n) is 3.68. The summed E-state index contributed by atoms with van der Waals surface area (Å²) in [6, 6.07) is 1.68. The van der Waals surface area contributed by atoms with E-state index in [1.54, 1.807) is 6.07 Å². The summed E-state index contributed by atoms with van der Waals surface area (Å²) in [5, 5.41) is 13.7. The van der Waals surface area contributed by atoms with Gasteiger partial charge in [0.2, 0.25) is 5.15 Å². The normalized spacial score (nSPS) is 10.6. The van der Waals surface area contributed by atoms with Crippen LogP contribution in [0.4, 0.5) is 11.4 Å². The second kappa shape index (κ2) is 5.12. The Balaban J connectivity index is 3.33. The largest absolute Gasteiger partial charge is 0.380 e. The van der Waals surface area contributed by atoms with E-state index in [2.05, 4.69) is 10.3 Å². The Morgan fingerprint density at radius 3 is 2.69 bits per heavy atom. The molecule has 1 N–H and O–H groups in total. The minimum Gasteiger partial charge on any atom is -0.380 e. The van der Waals surface area contributed by atoms with Crippen molar-refractivity contribution < 1.29 is 4.92 Å². The van der Waals surface area contributed by atoms with E-state index in [0.717, 1.165) is 5.69 Å².